The Hall–Kier alpha value is -2.70. The van der Waals surface area contributed by atoms with E-state index in [1.807, 2.05) is 6.92 Å². The van der Waals surface area contributed by atoms with Crippen LogP contribution in [0.5, 0.6) is 0 Å². The van der Waals surface area contributed by atoms with Crippen LogP contribution in [-0.4, -0.2) is 22.0 Å². The molecular weight excluding hydrogens is 360 g/mol. The van der Waals surface area contributed by atoms with E-state index in [2.05, 4.69) is 10.3 Å². The second kappa shape index (κ2) is 7.04. The molecule has 126 valence electrons. The van der Waals surface area contributed by atoms with Gasteiger partial charge >= 0.3 is 5.97 Å². The molecule has 0 spiro atoms. The summed E-state index contributed by atoms with van der Waals surface area (Å²) in [6.07, 6.45) is 1.46. The maximum absolute atomic E-state index is 12.3. The van der Waals surface area contributed by atoms with Gasteiger partial charge in [0.25, 0.3) is 5.91 Å². The van der Waals surface area contributed by atoms with Crippen molar-refractivity contribution in [1.29, 1.82) is 0 Å². The Balaban J connectivity index is 1.94. The minimum absolute atomic E-state index is 0.0562. The standard InChI is InChI=1S/C18H13ClN2O3S/c1-10-2-3-12(8-20-10)16(22)21-17-15(18(23)24)14(9-25-17)11-4-6-13(19)7-5-11/h2-9H,1H3,(H,21,22)(H,23,24). The molecule has 0 atom stereocenters. The highest BCUT2D eigenvalue weighted by Crippen LogP contribution is 2.36. The number of nitrogens with one attached hydrogen (secondary N) is 1. The molecular formula is C18H13ClN2O3S. The number of carbonyl (C=O) groups is 2. The van der Waals surface area contributed by atoms with Crippen LogP contribution < -0.4 is 5.32 Å². The summed E-state index contributed by atoms with van der Waals surface area (Å²) in [5.41, 5.74) is 2.47. The fraction of sp³-hybridized carbons (Fsp3) is 0.0556. The number of thiophene rings is 1. The first-order chi connectivity index (χ1) is 12.0. The van der Waals surface area contributed by atoms with Gasteiger partial charge < -0.3 is 10.4 Å². The minimum atomic E-state index is -1.11. The molecule has 25 heavy (non-hydrogen) atoms. The molecule has 3 rings (SSSR count). The number of aromatic nitrogens is 1. The maximum atomic E-state index is 12.3. The number of aromatic carboxylic acids is 1. The number of hydrogen-bond acceptors (Lipinski definition) is 4. The molecule has 2 aromatic heterocycles. The third-order valence-electron chi connectivity index (χ3n) is 3.56. The summed E-state index contributed by atoms with van der Waals surface area (Å²) in [5.74, 6) is -1.51. The number of rotatable bonds is 4. The number of halogens is 1. The van der Waals surface area contributed by atoms with Crippen molar-refractivity contribution in [3.63, 3.8) is 0 Å². The molecule has 0 aliphatic carbocycles. The topological polar surface area (TPSA) is 79.3 Å². The third-order valence-corrected chi connectivity index (χ3v) is 4.71. The molecule has 0 aliphatic rings. The van der Waals surface area contributed by atoms with Gasteiger partial charge in [-0.1, -0.05) is 23.7 Å². The average Bonchev–Trinajstić information content (AvgIpc) is 3.00. The Morgan fingerprint density at radius 2 is 1.88 bits per heavy atom. The van der Waals surface area contributed by atoms with E-state index >= 15 is 0 Å². The fourth-order valence-electron chi connectivity index (χ4n) is 2.28. The summed E-state index contributed by atoms with van der Waals surface area (Å²) in [4.78, 5) is 28.1. The van der Waals surface area contributed by atoms with Crippen molar-refractivity contribution in [1.82, 2.24) is 4.98 Å². The molecule has 0 fully saturated rings. The van der Waals surface area contributed by atoms with E-state index in [0.29, 0.717) is 16.1 Å². The maximum Gasteiger partial charge on any atom is 0.339 e. The number of amides is 1. The monoisotopic (exact) mass is 372 g/mol. The lowest BCUT2D eigenvalue weighted by atomic mass is 10.0. The van der Waals surface area contributed by atoms with E-state index in [1.54, 1.807) is 41.8 Å². The predicted octanol–water partition coefficient (Wildman–Crippen LogP) is 4.72. The number of carbonyl (C=O) groups excluding carboxylic acids is 1. The minimum Gasteiger partial charge on any atom is -0.478 e. The second-order valence-corrected chi connectivity index (χ2v) is 6.62. The van der Waals surface area contributed by atoms with Gasteiger partial charge in [-0.15, -0.1) is 11.3 Å². The summed E-state index contributed by atoms with van der Waals surface area (Å²) in [7, 11) is 0. The van der Waals surface area contributed by atoms with Crippen LogP contribution in [0.3, 0.4) is 0 Å². The van der Waals surface area contributed by atoms with Gasteiger partial charge in [-0.05, 0) is 36.8 Å². The summed E-state index contributed by atoms with van der Waals surface area (Å²) in [6.45, 7) is 1.82. The van der Waals surface area contributed by atoms with Gasteiger partial charge in [0.1, 0.15) is 10.6 Å². The van der Waals surface area contributed by atoms with Crippen LogP contribution in [0.4, 0.5) is 5.00 Å². The Morgan fingerprint density at radius 1 is 1.16 bits per heavy atom. The Morgan fingerprint density at radius 3 is 2.48 bits per heavy atom. The molecule has 5 nitrogen and oxygen atoms in total. The van der Waals surface area contributed by atoms with Crippen LogP contribution in [0.2, 0.25) is 5.02 Å². The second-order valence-electron chi connectivity index (χ2n) is 5.31. The molecule has 0 saturated carbocycles. The zero-order chi connectivity index (χ0) is 18.0. The van der Waals surface area contributed by atoms with Gasteiger partial charge in [0, 0.05) is 27.9 Å². The number of benzene rings is 1. The number of nitrogens with zero attached hydrogens (tertiary/aromatic N) is 1. The van der Waals surface area contributed by atoms with E-state index in [9.17, 15) is 14.7 Å². The quantitative estimate of drug-likeness (QED) is 0.694. The molecule has 1 aromatic carbocycles. The van der Waals surface area contributed by atoms with Gasteiger partial charge in [-0.25, -0.2) is 4.79 Å². The van der Waals surface area contributed by atoms with E-state index in [4.69, 9.17) is 11.6 Å². The van der Waals surface area contributed by atoms with Gasteiger partial charge in [-0.2, -0.15) is 0 Å². The third kappa shape index (κ3) is 3.70. The Labute approximate surface area is 152 Å². The van der Waals surface area contributed by atoms with Crippen molar-refractivity contribution in [2.24, 2.45) is 0 Å². The summed E-state index contributed by atoms with van der Waals surface area (Å²) >= 11 is 7.04. The highest BCUT2D eigenvalue weighted by atomic mass is 35.5. The first kappa shape index (κ1) is 17.1. The molecule has 1 amide bonds. The molecule has 2 heterocycles. The lowest BCUT2D eigenvalue weighted by Gasteiger charge is -2.06. The number of anilines is 1. The molecule has 0 bridgehead atoms. The van der Waals surface area contributed by atoms with E-state index in [-0.39, 0.29) is 10.6 Å². The van der Waals surface area contributed by atoms with Gasteiger partial charge in [0.15, 0.2) is 0 Å². The van der Waals surface area contributed by atoms with Crippen LogP contribution in [-0.2, 0) is 0 Å². The molecule has 0 unspecified atom stereocenters. The van der Waals surface area contributed by atoms with Gasteiger partial charge in [0.05, 0.1) is 5.56 Å². The van der Waals surface area contributed by atoms with Crippen molar-refractivity contribution in [2.75, 3.05) is 5.32 Å². The average molecular weight is 373 g/mol. The van der Waals surface area contributed by atoms with Crippen LogP contribution >= 0.6 is 22.9 Å². The first-order valence-electron chi connectivity index (χ1n) is 7.30. The highest BCUT2D eigenvalue weighted by Gasteiger charge is 2.21. The van der Waals surface area contributed by atoms with E-state index in [0.717, 1.165) is 22.6 Å². The normalized spacial score (nSPS) is 10.5. The fourth-order valence-corrected chi connectivity index (χ4v) is 3.36. The molecule has 7 heteroatoms. The molecule has 0 aliphatic heterocycles. The van der Waals surface area contributed by atoms with Crippen molar-refractivity contribution >= 4 is 39.8 Å². The van der Waals surface area contributed by atoms with E-state index < -0.39 is 11.9 Å². The summed E-state index contributed by atoms with van der Waals surface area (Å²) in [5, 5.41) is 14.8. The Kier molecular flexibility index (Phi) is 4.83. The molecule has 0 radical (unpaired) electrons. The van der Waals surface area contributed by atoms with E-state index in [1.165, 1.54) is 6.20 Å². The summed E-state index contributed by atoms with van der Waals surface area (Å²) < 4.78 is 0. The van der Waals surface area contributed by atoms with Gasteiger partial charge in [0.2, 0.25) is 0 Å². The zero-order valence-electron chi connectivity index (χ0n) is 13.1. The van der Waals surface area contributed by atoms with Crippen molar-refractivity contribution in [3.05, 3.63) is 69.8 Å². The SMILES string of the molecule is Cc1ccc(C(=O)Nc2scc(-c3ccc(Cl)cc3)c2C(=O)O)cn1. The van der Waals surface area contributed by atoms with Crippen LogP contribution in [0.25, 0.3) is 11.1 Å². The van der Waals surface area contributed by atoms with Crippen molar-refractivity contribution < 1.29 is 14.7 Å². The van der Waals surface area contributed by atoms with Gasteiger partial charge in [-0.3, -0.25) is 9.78 Å². The lowest BCUT2D eigenvalue weighted by molar-refractivity contribution is 0.0699. The number of aryl methyl sites for hydroxylation is 1. The molecule has 0 saturated heterocycles. The summed E-state index contributed by atoms with van der Waals surface area (Å²) in [6, 6.07) is 10.2. The van der Waals surface area contributed by atoms with Crippen LogP contribution in [0.1, 0.15) is 26.4 Å². The zero-order valence-corrected chi connectivity index (χ0v) is 14.7. The van der Waals surface area contributed by atoms with Crippen molar-refractivity contribution in [3.8, 4) is 11.1 Å². The number of carboxylic acid groups (broad SMARTS) is 1. The number of carboxylic acids is 1. The molecule has 2 N–H and O–H groups in total. The van der Waals surface area contributed by atoms with Crippen molar-refractivity contribution in [2.45, 2.75) is 6.92 Å². The number of pyridine rings is 1. The smallest absolute Gasteiger partial charge is 0.339 e. The first-order valence-corrected chi connectivity index (χ1v) is 8.56. The largest absolute Gasteiger partial charge is 0.478 e. The highest BCUT2D eigenvalue weighted by molar-refractivity contribution is 7.15. The predicted molar refractivity (Wildman–Crippen MR) is 98.7 cm³/mol. The van der Waals surface area contributed by atoms with Crippen LogP contribution in [0.15, 0.2) is 48.0 Å². The lowest BCUT2D eigenvalue weighted by Crippen LogP contribution is -2.13. The van der Waals surface area contributed by atoms with Crippen LogP contribution in [0, 0.1) is 6.92 Å². The Bertz CT molecular complexity index is 934. The molecule has 3 aromatic rings. The number of hydrogen-bond donors (Lipinski definition) is 2.